The maximum absolute atomic E-state index is 12.7. The van der Waals surface area contributed by atoms with Gasteiger partial charge in [-0.1, -0.05) is 32.0 Å². The third kappa shape index (κ3) is 4.56. The normalized spacial score (nSPS) is 16.4. The molecule has 2 amide bonds. The largest absolute Gasteiger partial charge is 0.378 e. The first-order valence-corrected chi connectivity index (χ1v) is 7.80. The third-order valence-electron chi connectivity index (χ3n) is 3.67. The van der Waals surface area contributed by atoms with E-state index in [-0.39, 0.29) is 11.8 Å². The van der Waals surface area contributed by atoms with E-state index in [9.17, 15) is 9.59 Å². The van der Waals surface area contributed by atoms with E-state index in [1.54, 1.807) is 17.0 Å². The van der Waals surface area contributed by atoms with Crippen LogP contribution in [0.2, 0.25) is 0 Å². The molecule has 22 heavy (non-hydrogen) atoms. The highest BCUT2D eigenvalue weighted by Gasteiger charge is 2.28. The summed E-state index contributed by atoms with van der Waals surface area (Å²) in [4.78, 5) is 26.8. The fourth-order valence-corrected chi connectivity index (χ4v) is 2.53. The summed E-state index contributed by atoms with van der Waals surface area (Å²) < 4.78 is 5.28. The Hall–Kier alpha value is -1.88. The van der Waals surface area contributed by atoms with Crippen LogP contribution < -0.4 is 5.32 Å². The maximum Gasteiger partial charge on any atom is 0.251 e. The minimum atomic E-state index is -0.481. The van der Waals surface area contributed by atoms with Crippen LogP contribution in [-0.4, -0.2) is 49.1 Å². The molecule has 5 nitrogen and oxygen atoms in total. The Morgan fingerprint density at radius 2 is 1.82 bits per heavy atom. The number of carbonyl (C=O) groups excluding carboxylic acids is 2. The highest BCUT2D eigenvalue weighted by Crippen LogP contribution is 2.11. The van der Waals surface area contributed by atoms with Gasteiger partial charge < -0.3 is 15.0 Å². The molecule has 1 saturated heterocycles. The van der Waals surface area contributed by atoms with Crippen molar-refractivity contribution < 1.29 is 14.3 Å². The second kappa shape index (κ2) is 7.94. The van der Waals surface area contributed by atoms with Crippen molar-refractivity contribution >= 4 is 11.8 Å². The van der Waals surface area contributed by atoms with Gasteiger partial charge in [0.2, 0.25) is 5.91 Å². The summed E-state index contributed by atoms with van der Waals surface area (Å²) in [6, 6.07) is 8.51. The zero-order valence-electron chi connectivity index (χ0n) is 13.2. The molecule has 0 unspecified atom stereocenters. The molecule has 1 atom stereocenters. The zero-order valence-corrected chi connectivity index (χ0v) is 13.2. The molecule has 1 fully saturated rings. The fourth-order valence-electron chi connectivity index (χ4n) is 2.53. The van der Waals surface area contributed by atoms with E-state index in [0.29, 0.717) is 44.2 Å². The molecule has 0 aliphatic carbocycles. The highest BCUT2D eigenvalue weighted by molar-refractivity contribution is 5.97. The van der Waals surface area contributed by atoms with Crippen LogP contribution in [0.4, 0.5) is 0 Å². The predicted molar refractivity (Wildman–Crippen MR) is 84.6 cm³/mol. The summed E-state index contributed by atoms with van der Waals surface area (Å²) in [6.07, 6.45) is 0.634. The Morgan fingerprint density at radius 1 is 1.18 bits per heavy atom. The summed E-state index contributed by atoms with van der Waals surface area (Å²) in [5, 5.41) is 2.89. The van der Waals surface area contributed by atoms with Gasteiger partial charge in [-0.05, 0) is 24.5 Å². The number of carbonyl (C=O) groups is 2. The summed E-state index contributed by atoms with van der Waals surface area (Å²) in [6.45, 7) is 6.41. The van der Waals surface area contributed by atoms with Crippen LogP contribution in [-0.2, 0) is 9.53 Å². The molecule has 1 aliphatic rings. The number of nitrogens with zero attached hydrogens (tertiary/aromatic N) is 1. The summed E-state index contributed by atoms with van der Waals surface area (Å²) >= 11 is 0. The van der Waals surface area contributed by atoms with Gasteiger partial charge >= 0.3 is 0 Å². The van der Waals surface area contributed by atoms with Crippen LogP contribution in [0.25, 0.3) is 0 Å². The van der Waals surface area contributed by atoms with Crippen molar-refractivity contribution in [3.05, 3.63) is 35.9 Å². The number of rotatable bonds is 5. The smallest absolute Gasteiger partial charge is 0.251 e. The first kappa shape index (κ1) is 16.5. The van der Waals surface area contributed by atoms with Gasteiger partial charge in [-0.25, -0.2) is 0 Å². The molecular weight excluding hydrogens is 280 g/mol. The van der Waals surface area contributed by atoms with Gasteiger partial charge in [-0.2, -0.15) is 0 Å². The Balaban J connectivity index is 2.05. The van der Waals surface area contributed by atoms with Gasteiger partial charge in [0, 0.05) is 18.7 Å². The number of ether oxygens (including phenoxy) is 1. The molecule has 0 spiro atoms. The average Bonchev–Trinajstić information content (AvgIpc) is 2.54. The molecular formula is C17H24N2O3. The van der Waals surface area contributed by atoms with Crippen LogP contribution >= 0.6 is 0 Å². The van der Waals surface area contributed by atoms with Crippen molar-refractivity contribution in [1.29, 1.82) is 0 Å². The SMILES string of the molecule is CC(C)C[C@H](NC(=O)c1ccccc1)C(=O)N1CCOCC1. The Kier molecular flexibility index (Phi) is 5.95. The van der Waals surface area contributed by atoms with E-state index < -0.39 is 6.04 Å². The monoisotopic (exact) mass is 304 g/mol. The summed E-state index contributed by atoms with van der Waals surface area (Å²) in [5.74, 6) is 0.111. The number of hydrogen-bond donors (Lipinski definition) is 1. The number of nitrogens with one attached hydrogen (secondary N) is 1. The summed E-state index contributed by atoms with van der Waals surface area (Å²) in [7, 11) is 0. The van der Waals surface area contributed by atoms with Gasteiger partial charge in [0.05, 0.1) is 13.2 Å². The van der Waals surface area contributed by atoms with E-state index in [1.165, 1.54) is 0 Å². The van der Waals surface area contributed by atoms with Gasteiger partial charge in [-0.15, -0.1) is 0 Å². The lowest BCUT2D eigenvalue weighted by Crippen LogP contribution is -2.52. The molecule has 2 rings (SSSR count). The molecule has 1 N–H and O–H groups in total. The van der Waals surface area contributed by atoms with Crippen LogP contribution in [0.3, 0.4) is 0 Å². The van der Waals surface area contributed by atoms with Crippen molar-refractivity contribution in [2.45, 2.75) is 26.3 Å². The third-order valence-corrected chi connectivity index (χ3v) is 3.67. The quantitative estimate of drug-likeness (QED) is 0.900. The molecule has 0 radical (unpaired) electrons. The lowest BCUT2D eigenvalue weighted by Gasteiger charge is -2.31. The average molecular weight is 304 g/mol. The lowest BCUT2D eigenvalue weighted by atomic mass is 10.0. The maximum atomic E-state index is 12.7. The van der Waals surface area contributed by atoms with E-state index in [1.807, 2.05) is 32.0 Å². The molecule has 1 heterocycles. The number of hydrogen-bond acceptors (Lipinski definition) is 3. The van der Waals surface area contributed by atoms with E-state index in [2.05, 4.69) is 5.32 Å². The van der Waals surface area contributed by atoms with Crippen molar-refractivity contribution in [2.24, 2.45) is 5.92 Å². The Labute approximate surface area is 131 Å². The van der Waals surface area contributed by atoms with Crippen LogP contribution in [0.15, 0.2) is 30.3 Å². The fraction of sp³-hybridized carbons (Fsp3) is 0.529. The molecule has 120 valence electrons. The minimum absolute atomic E-state index is 0.0127. The first-order chi connectivity index (χ1) is 10.6. The zero-order chi connectivity index (χ0) is 15.9. The predicted octanol–water partition coefficient (Wildman–Crippen LogP) is 1.69. The molecule has 1 aliphatic heterocycles. The molecule has 1 aromatic carbocycles. The number of benzene rings is 1. The topological polar surface area (TPSA) is 58.6 Å². The Morgan fingerprint density at radius 3 is 2.41 bits per heavy atom. The van der Waals surface area contributed by atoms with Crippen molar-refractivity contribution in [3.8, 4) is 0 Å². The van der Waals surface area contributed by atoms with E-state index >= 15 is 0 Å². The molecule has 0 bridgehead atoms. The van der Waals surface area contributed by atoms with Gasteiger partial charge in [-0.3, -0.25) is 9.59 Å². The standard InChI is InChI=1S/C17H24N2O3/c1-13(2)12-15(17(21)19-8-10-22-11-9-19)18-16(20)14-6-4-3-5-7-14/h3-7,13,15H,8-12H2,1-2H3,(H,18,20)/t15-/m0/s1. The Bertz CT molecular complexity index is 496. The number of amides is 2. The van der Waals surface area contributed by atoms with Gasteiger partial charge in [0.15, 0.2) is 0 Å². The minimum Gasteiger partial charge on any atom is -0.378 e. The van der Waals surface area contributed by atoms with Crippen molar-refractivity contribution in [1.82, 2.24) is 10.2 Å². The second-order valence-corrected chi connectivity index (χ2v) is 5.96. The van der Waals surface area contributed by atoms with E-state index in [0.717, 1.165) is 0 Å². The van der Waals surface area contributed by atoms with E-state index in [4.69, 9.17) is 4.74 Å². The van der Waals surface area contributed by atoms with Crippen molar-refractivity contribution in [3.63, 3.8) is 0 Å². The molecule has 0 aromatic heterocycles. The van der Waals surface area contributed by atoms with Gasteiger partial charge in [0.25, 0.3) is 5.91 Å². The van der Waals surface area contributed by atoms with Crippen LogP contribution in [0, 0.1) is 5.92 Å². The van der Waals surface area contributed by atoms with Crippen LogP contribution in [0.5, 0.6) is 0 Å². The first-order valence-electron chi connectivity index (χ1n) is 7.80. The highest BCUT2D eigenvalue weighted by atomic mass is 16.5. The van der Waals surface area contributed by atoms with Crippen LogP contribution in [0.1, 0.15) is 30.6 Å². The molecule has 1 aromatic rings. The molecule has 0 saturated carbocycles. The second-order valence-electron chi connectivity index (χ2n) is 5.96. The van der Waals surface area contributed by atoms with Gasteiger partial charge in [0.1, 0.15) is 6.04 Å². The number of morpholine rings is 1. The summed E-state index contributed by atoms with van der Waals surface area (Å²) in [5.41, 5.74) is 0.575. The molecule has 5 heteroatoms. The van der Waals surface area contributed by atoms with Crippen molar-refractivity contribution in [2.75, 3.05) is 26.3 Å². The lowest BCUT2D eigenvalue weighted by molar-refractivity contribution is -0.137.